The van der Waals surface area contributed by atoms with Gasteiger partial charge in [-0.05, 0) is 23.3 Å². The molecule has 4 N–H and O–H groups in total. The Labute approximate surface area is 170 Å². The Hall–Kier alpha value is -4.08. The van der Waals surface area contributed by atoms with Gasteiger partial charge in [-0.1, -0.05) is 18.2 Å². The first-order valence-electron chi connectivity index (χ1n) is 9.19. The van der Waals surface area contributed by atoms with Crippen LogP contribution in [0, 0.1) is 0 Å². The van der Waals surface area contributed by atoms with Gasteiger partial charge in [0.25, 0.3) is 0 Å². The molecule has 1 amide bonds. The van der Waals surface area contributed by atoms with E-state index in [4.69, 9.17) is 9.84 Å². The molecule has 0 saturated carbocycles. The van der Waals surface area contributed by atoms with E-state index in [1.807, 2.05) is 49.0 Å². The number of amides is 1. The summed E-state index contributed by atoms with van der Waals surface area (Å²) in [5.74, 6) is -0.439. The van der Waals surface area contributed by atoms with Crippen LogP contribution in [-0.2, 0) is 23.2 Å². The Morgan fingerprint density at radius 3 is 2.90 bits per heavy atom. The average Bonchev–Trinajstić information content (AvgIpc) is 3.33. The van der Waals surface area contributed by atoms with Crippen molar-refractivity contribution >= 4 is 39.9 Å². The number of nitrogens with one attached hydrogen (secondary N) is 3. The van der Waals surface area contributed by atoms with E-state index < -0.39 is 18.6 Å². The first-order chi connectivity index (χ1) is 14.5. The summed E-state index contributed by atoms with van der Waals surface area (Å²) >= 11 is 0. The van der Waals surface area contributed by atoms with Crippen molar-refractivity contribution in [3.8, 4) is 11.3 Å². The number of nitrogens with zero attached hydrogens (tertiary/aromatic N) is 3. The topological polar surface area (TPSA) is 134 Å². The first kappa shape index (κ1) is 19.2. The molecule has 0 bridgehead atoms. The number of aromatic nitrogens is 4. The van der Waals surface area contributed by atoms with Crippen LogP contribution >= 0.6 is 0 Å². The highest BCUT2D eigenvalue weighted by Crippen LogP contribution is 2.31. The van der Waals surface area contributed by atoms with Gasteiger partial charge in [0, 0.05) is 25.2 Å². The predicted octanol–water partition coefficient (Wildman–Crippen LogP) is 2.47. The molecule has 0 radical (unpaired) electrons. The van der Waals surface area contributed by atoms with E-state index in [2.05, 4.69) is 25.6 Å². The first-order valence-corrected chi connectivity index (χ1v) is 9.19. The van der Waals surface area contributed by atoms with Gasteiger partial charge in [0.1, 0.15) is 24.3 Å². The van der Waals surface area contributed by atoms with Crippen LogP contribution in [-0.4, -0.2) is 50.3 Å². The number of aryl methyl sites for hydroxylation is 1. The van der Waals surface area contributed by atoms with Crippen LogP contribution in [0.2, 0.25) is 0 Å². The number of benzene rings is 1. The van der Waals surface area contributed by atoms with Gasteiger partial charge in [0.05, 0.1) is 11.8 Å². The molecular weight excluding hydrogens is 388 g/mol. The molecule has 4 rings (SSSR count). The van der Waals surface area contributed by atoms with Crippen LogP contribution in [0.1, 0.15) is 5.56 Å². The molecule has 30 heavy (non-hydrogen) atoms. The highest BCUT2D eigenvalue weighted by Gasteiger charge is 2.15. The zero-order valence-corrected chi connectivity index (χ0v) is 16.4. The predicted molar refractivity (Wildman–Crippen MR) is 111 cm³/mol. The monoisotopic (exact) mass is 408 g/mol. The Balaban J connectivity index is 1.62. The van der Waals surface area contributed by atoms with Crippen molar-refractivity contribution in [1.82, 2.24) is 24.8 Å². The number of aliphatic carboxylic acids is 1. The van der Waals surface area contributed by atoms with E-state index in [-0.39, 0.29) is 6.61 Å². The SMILES string of the molecule is CNc1nc2[nH]c(-c3cccc(COC(=O)NCC(=O)O)c3)cc2c2c1ncn2C. The molecule has 1 aromatic carbocycles. The number of hydrogen-bond donors (Lipinski definition) is 4. The number of alkyl carbamates (subject to hydrolysis) is 1. The van der Waals surface area contributed by atoms with Gasteiger partial charge in [-0.15, -0.1) is 0 Å². The molecule has 0 unspecified atom stereocenters. The van der Waals surface area contributed by atoms with E-state index in [1.54, 1.807) is 6.33 Å². The summed E-state index contributed by atoms with van der Waals surface area (Å²) in [4.78, 5) is 34.5. The second-order valence-corrected chi connectivity index (χ2v) is 6.73. The van der Waals surface area contributed by atoms with Gasteiger partial charge in [0.15, 0.2) is 5.82 Å². The Bertz CT molecular complexity index is 1260. The second kappa shape index (κ2) is 7.74. The summed E-state index contributed by atoms with van der Waals surface area (Å²) in [5.41, 5.74) is 5.05. The lowest BCUT2D eigenvalue weighted by molar-refractivity contribution is -0.135. The number of hydrogen-bond acceptors (Lipinski definition) is 6. The highest BCUT2D eigenvalue weighted by atomic mass is 16.5. The van der Waals surface area contributed by atoms with Gasteiger partial charge in [-0.25, -0.2) is 14.8 Å². The molecule has 154 valence electrons. The van der Waals surface area contributed by atoms with Gasteiger partial charge >= 0.3 is 12.1 Å². The van der Waals surface area contributed by atoms with Crippen molar-refractivity contribution in [2.75, 3.05) is 18.9 Å². The largest absolute Gasteiger partial charge is 0.480 e. The number of pyridine rings is 1. The van der Waals surface area contributed by atoms with E-state index in [1.165, 1.54) is 0 Å². The van der Waals surface area contributed by atoms with Crippen LogP contribution in [0.15, 0.2) is 36.7 Å². The molecule has 0 spiro atoms. The molecule has 0 saturated heterocycles. The summed E-state index contributed by atoms with van der Waals surface area (Å²) in [6.07, 6.45) is 0.975. The number of carbonyl (C=O) groups excluding carboxylic acids is 1. The molecule has 3 heterocycles. The fourth-order valence-corrected chi connectivity index (χ4v) is 3.30. The number of anilines is 1. The third kappa shape index (κ3) is 3.62. The van der Waals surface area contributed by atoms with Gasteiger partial charge in [0.2, 0.25) is 0 Å². The second-order valence-electron chi connectivity index (χ2n) is 6.73. The third-order valence-electron chi connectivity index (χ3n) is 4.67. The van der Waals surface area contributed by atoms with E-state index in [9.17, 15) is 9.59 Å². The lowest BCUT2D eigenvalue weighted by Crippen LogP contribution is -2.29. The molecule has 10 heteroatoms. The fourth-order valence-electron chi connectivity index (χ4n) is 3.30. The van der Waals surface area contributed by atoms with E-state index in [0.29, 0.717) is 5.82 Å². The summed E-state index contributed by atoms with van der Waals surface area (Å²) in [6.45, 7) is -0.467. The normalized spacial score (nSPS) is 11.0. The number of rotatable bonds is 6. The average molecular weight is 408 g/mol. The summed E-state index contributed by atoms with van der Waals surface area (Å²) in [7, 11) is 3.75. The molecule has 0 atom stereocenters. The van der Waals surface area contributed by atoms with E-state index >= 15 is 0 Å². The maximum absolute atomic E-state index is 11.6. The van der Waals surface area contributed by atoms with Gasteiger partial charge < -0.3 is 30.0 Å². The maximum Gasteiger partial charge on any atom is 0.407 e. The summed E-state index contributed by atoms with van der Waals surface area (Å²) in [5, 5.41) is 14.8. The minimum Gasteiger partial charge on any atom is -0.480 e. The standard InChI is InChI=1S/C20H20N6O4/c1-21-19-16-17(26(2)10-23-16)13-7-14(24-18(13)25-19)12-5-3-4-11(6-12)9-30-20(29)22-8-15(27)28/h3-7,10H,8-9H2,1-2H3,(H,22,29)(H,27,28)(H2,21,24,25). The number of ether oxygens (including phenoxy) is 1. The Morgan fingerprint density at radius 2 is 2.13 bits per heavy atom. The molecule has 4 aromatic rings. The van der Waals surface area contributed by atoms with Crippen LogP contribution in [0.25, 0.3) is 33.3 Å². The summed E-state index contributed by atoms with van der Waals surface area (Å²) in [6, 6.07) is 9.55. The van der Waals surface area contributed by atoms with Crippen molar-refractivity contribution in [1.29, 1.82) is 0 Å². The van der Waals surface area contributed by atoms with E-state index in [0.717, 1.165) is 38.9 Å². The lowest BCUT2D eigenvalue weighted by atomic mass is 10.1. The van der Waals surface area contributed by atoms with Crippen LogP contribution < -0.4 is 10.6 Å². The minimum atomic E-state index is -1.13. The quantitative estimate of drug-likeness (QED) is 0.385. The summed E-state index contributed by atoms with van der Waals surface area (Å²) < 4.78 is 7.02. The number of imidazole rings is 1. The van der Waals surface area contributed by atoms with Crippen molar-refractivity contribution < 1.29 is 19.4 Å². The van der Waals surface area contributed by atoms with Crippen molar-refractivity contribution in [3.63, 3.8) is 0 Å². The lowest BCUT2D eigenvalue weighted by Gasteiger charge is -2.07. The molecule has 10 nitrogen and oxygen atoms in total. The third-order valence-corrected chi connectivity index (χ3v) is 4.67. The highest BCUT2D eigenvalue weighted by molar-refractivity contribution is 6.07. The van der Waals surface area contributed by atoms with Crippen molar-refractivity contribution in [2.24, 2.45) is 7.05 Å². The Morgan fingerprint density at radius 1 is 1.30 bits per heavy atom. The van der Waals surface area contributed by atoms with Crippen LogP contribution in [0.3, 0.4) is 0 Å². The van der Waals surface area contributed by atoms with Crippen LogP contribution in [0.5, 0.6) is 0 Å². The number of H-pyrrole nitrogens is 1. The molecule has 0 fully saturated rings. The zero-order chi connectivity index (χ0) is 21.3. The molecular formula is C20H20N6O4. The molecule has 3 aromatic heterocycles. The number of carboxylic acids is 1. The number of carboxylic acid groups (broad SMARTS) is 1. The minimum absolute atomic E-state index is 0.0215. The maximum atomic E-state index is 11.6. The zero-order valence-electron chi connectivity index (χ0n) is 16.4. The van der Waals surface area contributed by atoms with Crippen LogP contribution in [0.4, 0.5) is 10.6 Å². The van der Waals surface area contributed by atoms with Gasteiger partial charge in [-0.2, -0.15) is 0 Å². The number of fused-ring (bicyclic) bond motifs is 3. The molecule has 0 aliphatic rings. The molecule has 0 aliphatic carbocycles. The Kier molecular flexibility index (Phi) is 4.97. The fraction of sp³-hybridized carbons (Fsp3) is 0.200. The molecule has 0 aliphatic heterocycles. The number of aromatic amines is 1. The van der Waals surface area contributed by atoms with Crippen molar-refractivity contribution in [2.45, 2.75) is 6.61 Å². The van der Waals surface area contributed by atoms with Crippen molar-refractivity contribution in [3.05, 3.63) is 42.2 Å². The number of carbonyl (C=O) groups is 2. The smallest absolute Gasteiger partial charge is 0.407 e. The van der Waals surface area contributed by atoms with Gasteiger partial charge in [-0.3, -0.25) is 4.79 Å².